The molecule has 0 bridgehead atoms. The minimum Gasteiger partial charge on any atom is -0.468 e. The number of ether oxygens (including phenoxy) is 1. The molecule has 1 aromatic rings. The molecule has 0 radical (unpaired) electrons. The first-order valence-corrected chi connectivity index (χ1v) is 5.41. The molecule has 0 N–H and O–H groups in total. The molecule has 14 heavy (non-hydrogen) atoms. The van der Waals surface area contributed by atoms with Gasteiger partial charge in [-0.05, 0) is 48.1 Å². The van der Waals surface area contributed by atoms with E-state index in [1.54, 1.807) is 0 Å². The fourth-order valence-corrected chi connectivity index (χ4v) is 2.39. The van der Waals surface area contributed by atoms with Gasteiger partial charge in [-0.25, -0.2) is 0 Å². The van der Waals surface area contributed by atoms with Gasteiger partial charge in [-0.1, -0.05) is 18.2 Å². The van der Waals surface area contributed by atoms with Crippen LogP contribution in [0.25, 0.3) is 0 Å². The average molecular weight is 304 g/mol. The third kappa shape index (κ3) is 2.08. The van der Waals surface area contributed by atoms with E-state index >= 15 is 0 Å². The summed E-state index contributed by atoms with van der Waals surface area (Å²) in [4.78, 5) is 11.6. The van der Waals surface area contributed by atoms with Crippen LogP contribution in [0.3, 0.4) is 0 Å². The predicted octanol–water partition coefficient (Wildman–Crippen LogP) is 2.74. The molecule has 0 aliphatic heterocycles. The van der Waals surface area contributed by atoms with Crippen LogP contribution in [0.5, 0.6) is 0 Å². The summed E-state index contributed by atoms with van der Waals surface area (Å²) < 4.78 is 5.87. The van der Waals surface area contributed by atoms with E-state index in [-0.39, 0.29) is 5.97 Å². The number of benzene rings is 1. The zero-order valence-electron chi connectivity index (χ0n) is 8.50. The SMILES string of the molecule is COC(=O)C(C)(C)c1ccccc1I. The lowest BCUT2D eigenvalue weighted by atomic mass is 9.85. The van der Waals surface area contributed by atoms with Gasteiger partial charge in [0.25, 0.3) is 0 Å². The fourth-order valence-electron chi connectivity index (χ4n) is 1.33. The first-order valence-electron chi connectivity index (χ1n) is 4.33. The highest BCUT2D eigenvalue weighted by molar-refractivity contribution is 14.1. The van der Waals surface area contributed by atoms with Gasteiger partial charge < -0.3 is 4.74 Å². The molecule has 0 saturated heterocycles. The first kappa shape index (κ1) is 11.5. The topological polar surface area (TPSA) is 26.3 Å². The fraction of sp³-hybridized carbons (Fsp3) is 0.364. The Morgan fingerprint density at radius 1 is 1.36 bits per heavy atom. The van der Waals surface area contributed by atoms with Crippen molar-refractivity contribution >= 4 is 28.6 Å². The smallest absolute Gasteiger partial charge is 0.315 e. The molecular formula is C11H13IO2. The van der Waals surface area contributed by atoms with E-state index < -0.39 is 5.41 Å². The van der Waals surface area contributed by atoms with Gasteiger partial charge in [0, 0.05) is 3.57 Å². The van der Waals surface area contributed by atoms with Crippen molar-refractivity contribution in [3.05, 3.63) is 33.4 Å². The number of rotatable bonds is 2. The minimum absolute atomic E-state index is 0.207. The highest BCUT2D eigenvalue weighted by Crippen LogP contribution is 2.28. The standard InChI is InChI=1S/C11H13IO2/c1-11(2,10(13)14-3)8-6-4-5-7-9(8)12/h4-7H,1-3H3. The van der Waals surface area contributed by atoms with E-state index in [1.165, 1.54) is 7.11 Å². The van der Waals surface area contributed by atoms with Crippen LogP contribution in [0.15, 0.2) is 24.3 Å². The van der Waals surface area contributed by atoms with E-state index in [2.05, 4.69) is 22.6 Å². The van der Waals surface area contributed by atoms with Gasteiger partial charge in [0.05, 0.1) is 12.5 Å². The summed E-state index contributed by atoms with van der Waals surface area (Å²) in [5.74, 6) is -0.207. The highest BCUT2D eigenvalue weighted by atomic mass is 127. The molecule has 0 aliphatic rings. The molecule has 2 nitrogen and oxygen atoms in total. The summed E-state index contributed by atoms with van der Waals surface area (Å²) in [6.07, 6.45) is 0. The normalized spacial score (nSPS) is 11.1. The molecule has 0 saturated carbocycles. The van der Waals surface area contributed by atoms with Gasteiger partial charge in [0.2, 0.25) is 0 Å². The minimum atomic E-state index is -0.577. The Morgan fingerprint density at radius 3 is 2.43 bits per heavy atom. The third-order valence-corrected chi connectivity index (χ3v) is 3.18. The molecule has 0 spiro atoms. The molecule has 0 aromatic heterocycles. The molecule has 0 fully saturated rings. The van der Waals surface area contributed by atoms with Gasteiger partial charge in [-0.3, -0.25) is 4.79 Å². The summed E-state index contributed by atoms with van der Waals surface area (Å²) in [6, 6.07) is 7.83. The van der Waals surface area contributed by atoms with Crippen molar-refractivity contribution in [2.24, 2.45) is 0 Å². The van der Waals surface area contributed by atoms with Gasteiger partial charge in [-0.2, -0.15) is 0 Å². The van der Waals surface area contributed by atoms with Gasteiger partial charge in [-0.15, -0.1) is 0 Å². The van der Waals surface area contributed by atoms with Crippen molar-refractivity contribution in [2.45, 2.75) is 19.3 Å². The molecule has 0 unspecified atom stereocenters. The van der Waals surface area contributed by atoms with E-state index in [0.717, 1.165) is 9.13 Å². The predicted molar refractivity (Wildman–Crippen MR) is 64.2 cm³/mol. The Hall–Kier alpha value is -0.580. The Morgan fingerprint density at radius 2 is 1.93 bits per heavy atom. The quantitative estimate of drug-likeness (QED) is 0.620. The largest absolute Gasteiger partial charge is 0.468 e. The summed E-state index contributed by atoms with van der Waals surface area (Å²) >= 11 is 2.23. The van der Waals surface area contributed by atoms with Gasteiger partial charge in [0.15, 0.2) is 0 Å². The maximum atomic E-state index is 11.6. The van der Waals surface area contributed by atoms with Crippen LogP contribution in [-0.4, -0.2) is 13.1 Å². The van der Waals surface area contributed by atoms with Crippen LogP contribution >= 0.6 is 22.6 Å². The number of hydrogen-bond donors (Lipinski definition) is 0. The van der Waals surface area contributed by atoms with Crippen molar-refractivity contribution in [1.82, 2.24) is 0 Å². The van der Waals surface area contributed by atoms with Gasteiger partial charge >= 0.3 is 5.97 Å². The first-order chi connectivity index (χ1) is 6.50. The van der Waals surface area contributed by atoms with Crippen molar-refractivity contribution in [3.8, 4) is 0 Å². The number of carbonyl (C=O) groups excluding carboxylic acids is 1. The molecule has 76 valence electrons. The molecule has 0 aliphatic carbocycles. The lowest BCUT2D eigenvalue weighted by Gasteiger charge is -2.23. The van der Waals surface area contributed by atoms with Crippen molar-refractivity contribution in [2.75, 3.05) is 7.11 Å². The zero-order valence-corrected chi connectivity index (χ0v) is 10.7. The number of halogens is 1. The van der Waals surface area contributed by atoms with Crippen LogP contribution in [0.2, 0.25) is 0 Å². The van der Waals surface area contributed by atoms with Crippen LogP contribution < -0.4 is 0 Å². The summed E-state index contributed by atoms with van der Waals surface area (Å²) in [6.45, 7) is 3.74. The number of carbonyl (C=O) groups is 1. The number of hydrogen-bond acceptors (Lipinski definition) is 2. The Bertz CT molecular complexity index is 345. The van der Waals surface area contributed by atoms with E-state index in [4.69, 9.17) is 4.74 Å². The van der Waals surface area contributed by atoms with Crippen molar-refractivity contribution < 1.29 is 9.53 Å². The van der Waals surface area contributed by atoms with Crippen LogP contribution in [0.4, 0.5) is 0 Å². The Labute approximate surface area is 97.8 Å². The molecular weight excluding hydrogens is 291 g/mol. The average Bonchev–Trinajstić information content (AvgIpc) is 2.17. The van der Waals surface area contributed by atoms with Crippen LogP contribution in [-0.2, 0) is 14.9 Å². The number of methoxy groups -OCH3 is 1. The lowest BCUT2D eigenvalue weighted by Crippen LogP contribution is -2.31. The number of esters is 1. The molecule has 0 atom stereocenters. The highest BCUT2D eigenvalue weighted by Gasteiger charge is 2.32. The Balaban J connectivity index is 3.16. The molecule has 0 heterocycles. The molecule has 0 amide bonds. The van der Waals surface area contributed by atoms with E-state index in [1.807, 2.05) is 38.1 Å². The van der Waals surface area contributed by atoms with Crippen LogP contribution in [0, 0.1) is 3.57 Å². The monoisotopic (exact) mass is 304 g/mol. The summed E-state index contributed by atoms with van der Waals surface area (Å²) in [7, 11) is 1.42. The maximum Gasteiger partial charge on any atom is 0.315 e. The van der Waals surface area contributed by atoms with Crippen LogP contribution in [0.1, 0.15) is 19.4 Å². The molecule has 3 heteroatoms. The molecule has 1 rings (SSSR count). The lowest BCUT2D eigenvalue weighted by molar-refractivity contribution is -0.146. The summed E-state index contributed by atoms with van der Waals surface area (Å²) in [5, 5.41) is 0. The Kier molecular flexibility index (Phi) is 3.53. The molecule has 1 aromatic carbocycles. The van der Waals surface area contributed by atoms with Crippen molar-refractivity contribution in [3.63, 3.8) is 0 Å². The van der Waals surface area contributed by atoms with Crippen molar-refractivity contribution in [1.29, 1.82) is 0 Å². The van der Waals surface area contributed by atoms with E-state index in [9.17, 15) is 4.79 Å². The summed E-state index contributed by atoms with van der Waals surface area (Å²) in [5.41, 5.74) is 0.430. The zero-order chi connectivity index (χ0) is 10.8. The van der Waals surface area contributed by atoms with E-state index in [0.29, 0.717) is 0 Å². The second-order valence-electron chi connectivity index (χ2n) is 3.60. The van der Waals surface area contributed by atoms with Gasteiger partial charge in [0.1, 0.15) is 0 Å². The second-order valence-corrected chi connectivity index (χ2v) is 4.76. The maximum absolute atomic E-state index is 11.6. The second kappa shape index (κ2) is 4.29. The third-order valence-electron chi connectivity index (χ3n) is 2.24.